The fourth-order valence-electron chi connectivity index (χ4n) is 2.06. The van der Waals surface area contributed by atoms with Crippen LogP contribution in [-0.2, 0) is 9.59 Å². The van der Waals surface area contributed by atoms with Gasteiger partial charge in [-0.1, -0.05) is 0 Å². The molecular weight excluding hydrogens is 296 g/mol. The number of aromatic hydroxyl groups is 1. The van der Waals surface area contributed by atoms with Crippen molar-refractivity contribution in [1.82, 2.24) is 0 Å². The average molecular weight is 310 g/mol. The molecule has 2 amide bonds. The molecule has 1 aliphatic heterocycles. The van der Waals surface area contributed by atoms with E-state index >= 15 is 0 Å². The molecule has 7 nitrogen and oxygen atoms in total. The quantitative estimate of drug-likeness (QED) is 0.674. The van der Waals surface area contributed by atoms with Crippen LogP contribution in [0, 0.1) is 0 Å². The molecule has 1 aromatic carbocycles. The highest BCUT2D eigenvalue weighted by Crippen LogP contribution is 2.32. The van der Waals surface area contributed by atoms with E-state index in [1.165, 1.54) is 17.8 Å². The summed E-state index contributed by atoms with van der Waals surface area (Å²) in [7, 11) is 0. The number of benzene rings is 1. The van der Waals surface area contributed by atoms with Crippen LogP contribution in [0.2, 0.25) is 0 Å². The number of hydrogen-bond donors (Lipinski definition) is 3. The van der Waals surface area contributed by atoms with Gasteiger partial charge in [-0.3, -0.25) is 9.59 Å². The van der Waals surface area contributed by atoms with E-state index in [0.717, 1.165) is 17.0 Å². The number of carboxylic acid groups (broad SMARTS) is 1. The number of nitrogens with two attached hydrogens (primary N) is 1. The summed E-state index contributed by atoms with van der Waals surface area (Å²) >= 11 is 1.31. The zero-order valence-electron chi connectivity index (χ0n) is 11.0. The molecule has 0 radical (unpaired) electrons. The van der Waals surface area contributed by atoms with Gasteiger partial charge in [0, 0.05) is 24.8 Å². The first-order valence-corrected chi connectivity index (χ1v) is 7.25. The van der Waals surface area contributed by atoms with Gasteiger partial charge in [-0.2, -0.15) is 0 Å². The lowest BCUT2D eigenvalue weighted by atomic mass is 10.1. The van der Waals surface area contributed by atoms with Crippen molar-refractivity contribution in [2.75, 3.05) is 17.2 Å². The minimum absolute atomic E-state index is 0.0743. The summed E-state index contributed by atoms with van der Waals surface area (Å²) in [5.74, 6) is -1.95. The normalized spacial score (nSPS) is 18.3. The summed E-state index contributed by atoms with van der Waals surface area (Å²) in [5, 5.41) is 18.0. The molecule has 1 saturated heterocycles. The summed E-state index contributed by atoms with van der Waals surface area (Å²) in [6.45, 7) is 0.413. The molecule has 0 bridgehead atoms. The van der Waals surface area contributed by atoms with E-state index in [1.807, 2.05) is 0 Å². The lowest BCUT2D eigenvalue weighted by Crippen LogP contribution is -2.31. The average Bonchev–Trinajstić information content (AvgIpc) is 2.70. The summed E-state index contributed by atoms with van der Waals surface area (Å²) < 4.78 is 0. The highest BCUT2D eigenvalue weighted by molar-refractivity contribution is 8.00. The van der Waals surface area contributed by atoms with E-state index in [9.17, 15) is 19.5 Å². The van der Waals surface area contributed by atoms with Crippen molar-refractivity contribution < 1.29 is 24.6 Å². The smallest absolute Gasteiger partial charge is 0.339 e. The van der Waals surface area contributed by atoms with Crippen LogP contribution in [0.25, 0.3) is 0 Å². The molecule has 0 saturated carbocycles. The first kappa shape index (κ1) is 15.3. The highest BCUT2D eigenvalue weighted by atomic mass is 32.2. The van der Waals surface area contributed by atoms with Crippen LogP contribution in [0.3, 0.4) is 0 Å². The number of carboxylic acids is 1. The molecule has 1 aliphatic rings. The Hall–Kier alpha value is -2.06. The van der Waals surface area contributed by atoms with E-state index < -0.39 is 17.0 Å². The van der Waals surface area contributed by atoms with Crippen molar-refractivity contribution in [1.29, 1.82) is 0 Å². The Morgan fingerprint density at radius 3 is 2.71 bits per heavy atom. The molecule has 21 heavy (non-hydrogen) atoms. The maximum atomic E-state index is 12.2. The van der Waals surface area contributed by atoms with E-state index in [1.54, 1.807) is 0 Å². The second-order valence-electron chi connectivity index (χ2n) is 4.43. The molecule has 1 heterocycles. The van der Waals surface area contributed by atoms with Crippen molar-refractivity contribution in [3.63, 3.8) is 0 Å². The molecule has 1 fully saturated rings. The van der Waals surface area contributed by atoms with E-state index in [-0.39, 0.29) is 29.5 Å². The number of rotatable bonds is 5. The standard InChI is InChI=1S/C13H14N2O5S/c14-3-4-21-10-6-11(17)15(12(10)18)7-1-2-8(13(19)20)9(16)5-7/h1-2,5,10,16H,3-4,6,14H2,(H,19,20). The van der Waals surface area contributed by atoms with Crippen molar-refractivity contribution in [2.24, 2.45) is 5.73 Å². The molecule has 0 aromatic heterocycles. The Kier molecular flexibility index (Phi) is 4.49. The SMILES string of the molecule is NCCSC1CC(=O)N(c2ccc(C(=O)O)c(O)c2)C1=O. The predicted molar refractivity (Wildman–Crippen MR) is 77.5 cm³/mol. The number of carbonyl (C=O) groups excluding carboxylic acids is 2. The lowest BCUT2D eigenvalue weighted by molar-refractivity contribution is -0.121. The number of hydrogen-bond acceptors (Lipinski definition) is 6. The highest BCUT2D eigenvalue weighted by Gasteiger charge is 2.39. The number of thioether (sulfide) groups is 1. The van der Waals surface area contributed by atoms with Gasteiger partial charge in [0.25, 0.3) is 0 Å². The fraction of sp³-hybridized carbons (Fsp3) is 0.308. The Bertz CT molecular complexity index is 604. The van der Waals surface area contributed by atoms with Crippen LogP contribution in [-0.4, -0.2) is 45.5 Å². The third-order valence-corrected chi connectivity index (χ3v) is 4.25. The monoisotopic (exact) mass is 310 g/mol. The number of carbonyl (C=O) groups is 3. The first-order valence-electron chi connectivity index (χ1n) is 6.20. The van der Waals surface area contributed by atoms with Crippen LogP contribution in [0.1, 0.15) is 16.8 Å². The molecule has 8 heteroatoms. The van der Waals surface area contributed by atoms with Gasteiger partial charge < -0.3 is 15.9 Å². The predicted octanol–water partition coefficient (Wildman–Crippen LogP) is 0.414. The summed E-state index contributed by atoms with van der Waals surface area (Å²) in [4.78, 5) is 36.0. The molecule has 1 aromatic rings. The molecular formula is C13H14N2O5S. The van der Waals surface area contributed by atoms with Crippen molar-refractivity contribution >= 4 is 35.2 Å². The van der Waals surface area contributed by atoms with E-state index in [4.69, 9.17) is 10.8 Å². The second kappa shape index (κ2) is 6.15. The molecule has 4 N–H and O–H groups in total. The Balaban J connectivity index is 2.25. The summed E-state index contributed by atoms with van der Waals surface area (Å²) in [6, 6.07) is 3.60. The van der Waals surface area contributed by atoms with E-state index in [2.05, 4.69) is 0 Å². The first-order chi connectivity index (χ1) is 9.95. The van der Waals surface area contributed by atoms with Gasteiger partial charge >= 0.3 is 5.97 Å². The van der Waals surface area contributed by atoms with Crippen LogP contribution >= 0.6 is 11.8 Å². The number of nitrogens with zero attached hydrogens (tertiary/aromatic N) is 1. The van der Waals surface area contributed by atoms with Crippen LogP contribution in [0.15, 0.2) is 18.2 Å². The lowest BCUT2D eigenvalue weighted by Gasteiger charge is -2.15. The minimum Gasteiger partial charge on any atom is -0.507 e. The van der Waals surface area contributed by atoms with Gasteiger partial charge in [-0.05, 0) is 12.1 Å². The van der Waals surface area contributed by atoms with Crippen LogP contribution in [0.4, 0.5) is 5.69 Å². The summed E-state index contributed by atoms with van der Waals surface area (Å²) in [6.07, 6.45) is 0.0743. The molecule has 0 aliphatic carbocycles. The summed E-state index contributed by atoms with van der Waals surface area (Å²) in [5.41, 5.74) is 5.26. The van der Waals surface area contributed by atoms with Gasteiger partial charge in [0.05, 0.1) is 10.9 Å². The number of amides is 2. The van der Waals surface area contributed by atoms with Gasteiger partial charge in [0.2, 0.25) is 11.8 Å². The molecule has 112 valence electrons. The zero-order chi connectivity index (χ0) is 15.6. The molecule has 0 spiro atoms. The maximum Gasteiger partial charge on any atom is 0.339 e. The number of phenols is 1. The Morgan fingerprint density at radius 1 is 1.43 bits per heavy atom. The van der Waals surface area contributed by atoms with Gasteiger partial charge in [0.15, 0.2) is 0 Å². The topological polar surface area (TPSA) is 121 Å². The largest absolute Gasteiger partial charge is 0.507 e. The zero-order valence-corrected chi connectivity index (χ0v) is 11.8. The Labute approximate surface area is 124 Å². The van der Waals surface area contributed by atoms with Crippen LogP contribution in [0.5, 0.6) is 5.75 Å². The molecule has 1 atom stereocenters. The van der Waals surface area contributed by atoms with Gasteiger partial charge in [-0.25, -0.2) is 9.69 Å². The fourth-order valence-corrected chi connectivity index (χ4v) is 2.98. The van der Waals surface area contributed by atoms with Gasteiger partial charge in [-0.15, -0.1) is 11.8 Å². The van der Waals surface area contributed by atoms with E-state index in [0.29, 0.717) is 12.3 Å². The van der Waals surface area contributed by atoms with Crippen LogP contribution < -0.4 is 10.6 Å². The van der Waals surface area contributed by atoms with Gasteiger partial charge in [0.1, 0.15) is 11.3 Å². The number of aromatic carboxylic acids is 1. The van der Waals surface area contributed by atoms with Crippen molar-refractivity contribution in [2.45, 2.75) is 11.7 Å². The number of anilines is 1. The third-order valence-electron chi connectivity index (χ3n) is 3.01. The second-order valence-corrected chi connectivity index (χ2v) is 5.74. The molecule has 1 unspecified atom stereocenters. The maximum absolute atomic E-state index is 12.2. The number of imide groups is 1. The van der Waals surface area contributed by atoms with Crippen molar-refractivity contribution in [3.8, 4) is 5.75 Å². The third kappa shape index (κ3) is 3.01. The Morgan fingerprint density at radius 2 is 2.14 bits per heavy atom. The minimum atomic E-state index is -1.28. The van der Waals surface area contributed by atoms with Crippen molar-refractivity contribution in [3.05, 3.63) is 23.8 Å². The molecule has 2 rings (SSSR count).